The van der Waals surface area contributed by atoms with E-state index >= 15 is 0 Å². The lowest BCUT2D eigenvalue weighted by Gasteiger charge is -2.10. The van der Waals surface area contributed by atoms with Crippen LogP contribution in [0.1, 0.15) is 5.56 Å². The first kappa shape index (κ1) is 11.5. The summed E-state index contributed by atoms with van der Waals surface area (Å²) in [4.78, 5) is 3.69. The van der Waals surface area contributed by atoms with Crippen molar-refractivity contribution in [3.8, 4) is 0 Å². The Kier molecular flexibility index (Phi) is 2.72. The van der Waals surface area contributed by atoms with Crippen molar-refractivity contribution in [1.29, 1.82) is 0 Å². The van der Waals surface area contributed by atoms with Crippen molar-refractivity contribution >= 4 is 34.1 Å². The third-order valence-electron chi connectivity index (χ3n) is 2.06. The fourth-order valence-electron chi connectivity index (χ4n) is 1.40. The Hall–Kier alpha value is -1.00. The van der Waals surface area contributed by atoms with E-state index in [0.29, 0.717) is 0 Å². The van der Waals surface area contributed by atoms with E-state index in [1.54, 1.807) is 0 Å². The molecule has 1 aromatic heterocycles. The highest BCUT2D eigenvalue weighted by molar-refractivity contribution is 6.36. The smallest absolute Gasteiger partial charge is 0.256 e. The molecule has 2 aromatic rings. The van der Waals surface area contributed by atoms with Crippen molar-refractivity contribution in [2.45, 2.75) is 6.18 Å². The number of pyridine rings is 1. The van der Waals surface area contributed by atoms with Crippen molar-refractivity contribution in [1.82, 2.24) is 4.98 Å². The van der Waals surface area contributed by atoms with Gasteiger partial charge in [-0.2, -0.15) is 13.2 Å². The number of hydrogen-bond acceptors (Lipinski definition) is 1. The summed E-state index contributed by atoms with van der Waals surface area (Å²) in [6, 6.07) is 3.62. The van der Waals surface area contributed by atoms with Gasteiger partial charge in [-0.1, -0.05) is 23.2 Å². The minimum atomic E-state index is -4.50. The van der Waals surface area contributed by atoms with Crippen LogP contribution in [-0.2, 0) is 6.18 Å². The molecule has 1 nitrogen and oxygen atoms in total. The standard InChI is InChI=1S/C10H4Cl2F3N/c11-5-3-6-8(12)1-2-16-9(6)7(4-5)10(13,14)15/h1-4H. The van der Waals surface area contributed by atoms with Crippen molar-refractivity contribution in [3.63, 3.8) is 0 Å². The molecule has 1 heterocycles. The van der Waals surface area contributed by atoms with Crippen LogP contribution in [0.25, 0.3) is 10.9 Å². The van der Waals surface area contributed by atoms with Crippen molar-refractivity contribution in [2.24, 2.45) is 0 Å². The normalized spacial score (nSPS) is 12.1. The fourth-order valence-corrected chi connectivity index (χ4v) is 1.82. The first-order valence-corrected chi connectivity index (χ1v) is 4.96. The van der Waals surface area contributed by atoms with E-state index < -0.39 is 11.7 Å². The zero-order chi connectivity index (χ0) is 11.9. The average molecular weight is 266 g/mol. The van der Waals surface area contributed by atoms with Crippen molar-refractivity contribution in [2.75, 3.05) is 0 Å². The summed E-state index contributed by atoms with van der Waals surface area (Å²) in [5, 5.41) is 0.372. The van der Waals surface area contributed by atoms with Gasteiger partial charge in [-0.05, 0) is 18.2 Å². The van der Waals surface area contributed by atoms with Gasteiger partial charge in [0.1, 0.15) is 0 Å². The van der Waals surface area contributed by atoms with Crippen molar-refractivity contribution in [3.05, 3.63) is 40.0 Å². The number of nitrogens with zero attached hydrogens (tertiary/aromatic N) is 1. The average Bonchev–Trinajstić information content (AvgIpc) is 2.17. The molecule has 0 aliphatic heterocycles. The molecule has 0 saturated carbocycles. The van der Waals surface area contributed by atoms with Crippen LogP contribution in [-0.4, -0.2) is 4.98 Å². The lowest BCUT2D eigenvalue weighted by molar-refractivity contribution is -0.136. The second-order valence-electron chi connectivity index (χ2n) is 3.14. The number of alkyl halides is 3. The highest BCUT2D eigenvalue weighted by atomic mass is 35.5. The summed E-state index contributed by atoms with van der Waals surface area (Å²) < 4.78 is 38.1. The Labute approximate surface area is 98.8 Å². The van der Waals surface area contributed by atoms with E-state index in [0.717, 1.165) is 6.07 Å². The van der Waals surface area contributed by atoms with Gasteiger partial charge in [0, 0.05) is 16.6 Å². The molecule has 16 heavy (non-hydrogen) atoms. The molecule has 0 atom stereocenters. The molecule has 2 rings (SSSR count). The highest BCUT2D eigenvalue weighted by Crippen LogP contribution is 2.37. The number of fused-ring (bicyclic) bond motifs is 1. The van der Waals surface area contributed by atoms with Crippen molar-refractivity contribution < 1.29 is 13.2 Å². The zero-order valence-corrected chi connectivity index (χ0v) is 9.16. The predicted molar refractivity (Wildman–Crippen MR) is 56.8 cm³/mol. The highest BCUT2D eigenvalue weighted by Gasteiger charge is 2.33. The first-order chi connectivity index (χ1) is 7.39. The topological polar surface area (TPSA) is 12.9 Å². The molecular formula is C10H4Cl2F3N. The number of aromatic nitrogens is 1. The summed E-state index contributed by atoms with van der Waals surface area (Å²) in [5.41, 5.74) is -1.07. The van der Waals surface area contributed by atoms with Crippen LogP contribution in [0.2, 0.25) is 10.0 Å². The first-order valence-electron chi connectivity index (χ1n) is 4.20. The molecule has 84 valence electrons. The van der Waals surface area contributed by atoms with Crippen LogP contribution in [0, 0.1) is 0 Å². The summed E-state index contributed by atoms with van der Waals surface area (Å²) in [5.74, 6) is 0. The van der Waals surface area contributed by atoms with Gasteiger partial charge >= 0.3 is 6.18 Å². The molecule has 0 radical (unpaired) electrons. The van der Waals surface area contributed by atoms with E-state index in [1.807, 2.05) is 0 Å². The Morgan fingerprint density at radius 2 is 1.81 bits per heavy atom. The summed E-state index contributed by atoms with van der Waals surface area (Å²) >= 11 is 11.4. The maximum Gasteiger partial charge on any atom is 0.418 e. The van der Waals surface area contributed by atoms with Gasteiger partial charge in [-0.15, -0.1) is 0 Å². The molecule has 0 aliphatic rings. The van der Waals surface area contributed by atoms with Gasteiger partial charge < -0.3 is 0 Å². The van der Waals surface area contributed by atoms with Crippen LogP contribution in [0.15, 0.2) is 24.4 Å². The number of halogens is 5. The molecule has 0 amide bonds. The van der Waals surface area contributed by atoms with Crippen LogP contribution in [0.3, 0.4) is 0 Å². The Balaban J connectivity index is 2.89. The summed E-state index contributed by atoms with van der Waals surface area (Å²) in [7, 11) is 0. The van der Waals surface area contributed by atoms with E-state index in [9.17, 15) is 13.2 Å². The monoisotopic (exact) mass is 265 g/mol. The number of hydrogen-bond donors (Lipinski definition) is 0. The third kappa shape index (κ3) is 1.95. The summed E-state index contributed by atoms with van der Waals surface area (Å²) in [6.07, 6.45) is -3.27. The Morgan fingerprint density at radius 1 is 1.12 bits per heavy atom. The van der Waals surface area contributed by atoms with E-state index in [1.165, 1.54) is 18.3 Å². The maximum atomic E-state index is 12.7. The van der Waals surface area contributed by atoms with Crippen LogP contribution in [0.5, 0.6) is 0 Å². The second-order valence-corrected chi connectivity index (χ2v) is 3.98. The van der Waals surface area contributed by atoms with Crippen LogP contribution < -0.4 is 0 Å². The zero-order valence-electron chi connectivity index (χ0n) is 7.65. The largest absolute Gasteiger partial charge is 0.418 e. The minimum Gasteiger partial charge on any atom is -0.256 e. The molecule has 0 spiro atoms. The molecule has 0 aliphatic carbocycles. The Morgan fingerprint density at radius 3 is 2.44 bits per heavy atom. The van der Waals surface area contributed by atoms with Gasteiger partial charge in [0.25, 0.3) is 0 Å². The van der Waals surface area contributed by atoms with E-state index in [2.05, 4.69) is 4.98 Å². The fraction of sp³-hybridized carbons (Fsp3) is 0.100. The Bertz CT molecular complexity index is 551. The molecule has 1 aromatic carbocycles. The second kappa shape index (κ2) is 3.79. The number of rotatable bonds is 0. The molecule has 0 N–H and O–H groups in total. The molecule has 0 saturated heterocycles. The molecule has 0 bridgehead atoms. The van der Waals surface area contributed by atoms with Gasteiger partial charge in [0.2, 0.25) is 0 Å². The lowest BCUT2D eigenvalue weighted by Crippen LogP contribution is -2.06. The van der Waals surface area contributed by atoms with Gasteiger partial charge in [0.15, 0.2) is 0 Å². The summed E-state index contributed by atoms with van der Waals surface area (Å²) in [6.45, 7) is 0. The molecule has 0 unspecified atom stereocenters. The van der Waals surface area contributed by atoms with Crippen LogP contribution in [0.4, 0.5) is 13.2 Å². The van der Waals surface area contributed by atoms with Crippen LogP contribution >= 0.6 is 23.2 Å². The number of benzene rings is 1. The molecular weight excluding hydrogens is 262 g/mol. The van der Waals surface area contributed by atoms with Gasteiger partial charge in [-0.3, -0.25) is 4.98 Å². The van der Waals surface area contributed by atoms with Gasteiger partial charge in [0.05, 0.1) is 16.1 Å². The minimum absolute atomic E-state index is 0.0188. The van der Waals surface area contributed by atoms with E-state index in [-0.39, 0.29) is 20.9 Å². The third-order valence-corrected chi connectivity index (χ3v) is 2.61. The molecule has 0 fully saturated rings. The SMILES string of the molecule is FC(F)(F)c1cc(Cl)cc2c(Cl)ccnc12. The van der Waals surface area contributed by atoms with Gasteiger partial charge in [-0.25, -0.2) is 0 Å². The van der Waals surface area contributed by atoms with E-state index in [4.69, 9.17) is 23.2 Å². The lowest BCUT2D eigenvalue weighted by atomic mass is 10.1. The predicted octanol–water partition coefficient (Wildman–Crippen LogP) is 4.56. The maximum absolute atomic E-state index is 12.7. The molecule has 6 heteroatoms. The quantitative estimate of drug-likeness (QED) is 0.681.